The molecule has 2 aromatic heterocycles. The molecule has 0 bridgehead atoms. The Balaban J connectivity index is 1.49. The Hall–Kier alpha value is -5.94. The standard InChI is InChI=1S/C40H42ClN7O8S/c1-6-7-33(50)46-24(3)40(52)56-31(21-55-39(51)23(2)16-29(49)18-44-4)20-53-30-14-10-25(11-15-30)34-32(17-42)38(48-36(43)35(34)45-5)57-22-28-19-54-37(47-28)26-8-12-27(41)13-9-26/h8-15,19,23-24,31,44H,6-7,16,18,20-22H2,1-4H3,(H2,43,48)(H,46,50)/t23-,24+,31+/m1/s1. The van der Waals surface area contributed by atoms with Crippen LogP contribution < -0.4 is 21.1 Å². The number of nitriles is 1. The average molecular weight is 816 g/mol. The molecule has 4 aromatic rings. The number of ketones is 1. The van der Waals surface area contributed by atoms with Crippen LogP contribution in [0.1, 0.15) is 51.3 Å². The molecule has 0 fully saturated rings. The molecule has 0 radical (unpaired) electrons. The maximum atomic E-state index is 12.9. The number of anilines is 1. The Morgan fingerprint density at radius 3 is 2.40 bits per heavy atom. The maximum Gasteiger partial charge on any atom is 0.328 e. The lowest BCUT2D eigenvalue weighted by Crippen LogP contribution is -2.42. The number of nitrogen functional groups attached to an aromatic ring is 1. The third-order valence-electron chi connectivity index (χ3n) is 8.18. The molecule has 0 aliphatic heterocycles. The first-order valence-electron chi connectivity index (χ1n) is 17.9. The van der Waals surface area contributed by atoms with Crippen LogP contribution in [0, 0.1) is 23.8 Å². The number of aromatic nitrogens is 2. The van der Waals surface area contributed by atoms with Crippen molar-refractivity contribution < 1.29 is 37.8 Å². The van der Waals surface area contributed by atoms with E-state index in [1.807, 2.05) is 6.92 Å². The summed E-state index contributed by atoms with van der Waals surface area (Å²) in [7, 11) is 1.63. The number of amides is 1. The molecule has 0 spiro atoms. The van der Waals surface area contributed by atoms with Crippen LogP contribution in [0.25, 0.3) is 27.4 Å². The van der Waals surface area contributed by atoms with Crippen molar-refractivity contribution in [2.45, 2.75) is 63.0 Å². The number of nitrogens with one attached hydrogen (secondary N) is 2. The number of thioether (sulfide) groups is 1. The van der Waals surface area contributed by atoms with Crippen molar-refractivity contribution >= 4 is 58.5 Å². The number of oxazole rings is 1. The summed E-state index contributed by atoms with van der Waals surface area (Å²) in [6, 6.07) is 14.7. The van der Waals surface area contributed by atoms with Gasteiger partial charge in [0.15, 0.2) is 6.10 Å². The molecule has 0 aliphatic carbocycles. The number of Topliss-reactive ketones (excluding diaryl/α,β-unsaturated/α-hetero) is 1. The highest BCUT2D eigenvalue weighted by Gasteiger charge is 2.26. The fourth-order valence-electron chi connectivity index (χ4n) is 5.32. The third kappa shape index (κ3) is 12.5. The number of nitrogens with two attached hydrogens (primary N) is 1. The first-order valence-corrected chi connectivity index (χ1v) is 19.2. The number of hydrogen-bond acceptors (Lipinski definition) is 14. The average Bonchev–Trinajstić information content (AvgIpc) is 3.67. The van der Waals surface area contributed by atoms with E-state index in [4.69, 9.17) is 42.5 Å². The molecular weight excluding hydrogens is 774 g/mol. The molecule has 4 N–H and O–H groups in total. The largest absolute Gasteiger partial charge is 0.490 e. The normalized spacial score (nSPS) is 12.3. The summed E-state index contributed by atoms with van der Waals surface area (Å²) in [4.78, 5) is 62.2. The molecule has 0 saturated carbocycles. The molecule has 3 atom stereocenters. The minimum atomic E-state index is -1.09. The minimum Gasteiger partial charge on any atom is -0.490 e. The highest BCUT2D eigenvalue weighted by molar-refractivity contribution is 7.98. The quantitative estimate of drug-likeness (QED) is 0.0507. The monoisotopic (exact) mass is 815 g/mol. The molecular formula is C40H42ClN7O8S. The van der Waals surface area contributed by atoms with Crippen LogP contribution >= 0.6 is 23.4 Å². The summed E-state index contributed by atoms with van der Waals surface area (Å²) in [6.07, 6.45) is 1.22. The number of ether oxygens (including phenoxy) is 3. The number of carbonyl (C=O) groups is 4. The highest BCUT2D eigenvalue weighted by atomic mass is 35.5. The van der Waals surface area contributed by atoms with E-state index in [2.05, 4.69) is 31.5 Å². The van der Waals surface area contributed by atoms with Gasteiger partial charge in [0.25, 0.3) is 0 Å². The van der Waals surface area contributed by atoms with Gasteiger partial charge in [-0.05, 0) is 62.4 Å². The van der Waals surface area contributed by atoms with Crippen LogP contribution in [0.2, 0.25) is 5.02 Å². The van der Waals surface area contributed by atoms with Gasteiger partial charge in [-0.1, -0.05) is 49.3 Å². The van der Waals surface area contributed by atoms with E-state index in [0.717, 1.165) is 5.56 Å². The predicted molar refractivity (Wildman–Crippen MR) is 213 cm³/mol. The summed E-state index contributed by atoms with van der Waals surface area (Å²) in [5.41, 5.74) is 8.50. The van der Waals surface area contributed by atoms with Gasteiger partial charge < -0.3 is 35.0 Å². The van der Waals surface area contributed by atoms with Crippen LogP contribution in [0.15, 0.2) is 64.2 Å². The Labute approximate surface area is 339 Å². The van der Waals surface area contributed by atoms with Crippen LogP contribution in [0.3, 0.4) is 0 Å². The SMILES string of the molecule is [C-]#[N+]c1c(N)nc(SCc2coc(-c3ccc(Cl)cc3)n2)c(C#N)c1-c1ccc(OC[C@@H](COC(=O)[C@H](C)CC(=O)CNC)OC(=O)[C@H](C)NC(=O)CCC)cc1. The molecule has 2 heterocycles. The maximum absolute atomic E-state index is 12.9. The molecule has 4 rings (SSSR count). The van der Waals surface area contributed by atoms with Crippen molar-refractivity contribution in [2.24, 2.45) is 5.92 Å². The lowest BCUT2D eigenvalue weighted by Gasteiger charge is -2.22. The molecule has 0 unspecified atom stereocenters. The summed E-state index contributed by atoms with van der Waals surface area (Å²) >= 11 is 7.21. The van der Waals surface area contributed by atoms with Crippen molar-refractivity contribution in [1.82, 2.24) is 20.6 Å². The van der Waals surface area contributed by atoms with Gasteiger partial charge in [0.2, 0.25) is 17.5 Å². The van der Waals surface area contributed by atoms with Crippen molar-refractivity contribution in [2.75, 3.05) is 32.5 Å². The van der Waals surface area contributed by atoms with E-state index < -0.39 is 30.0 Å². The molecule has 0 saturated heterocycles. The van der Waals surface area contributed by atoms with Crippen LogP contribution in [0.5, 0.6) is 5.75 Å². The number of hydrogen-bond donors (Lipinski definition) is 3. The second kappa shape index (κ2) is 21.4. The van der Waals surface area contributed by atoms with Gasteiger partial charge in [0.1, 0.15) is 54.0 Å². The topological polar surface area (TPSA) is 213 Å². The second-order valence-corrected chi connectivity index (χ2v) is 14.2. The number of benzene rings is 2. The van der Waals surface area contributed by atoms with E-state index in [0.29, 0.717) is 45.1 Å². The fraction of sp³-hybridized carbons (Fsp3) is 0.350. The smallest absolute Gasteiger partial charge is 0.328 e. The van der Waals surface area contributed by atoms with Gasteiger partial charge in [-0.3, -0.25) is 14.4 Å². The van der Waals surface area contributed by atoms with Crippen molar-refractivity contribution in [3.8, 4) is 34.4 Å². The predicted octanol–water partition coefficient (Wildman–Crippen LogP) is 6.31. The van der Waals surface area contributed by atoms with E-state index in [1.54, 1.807) is 62.5 Å². The van der Waals surface area contributed by atoms with Crippen LogP contribution in [-0.2, 0) is 34.4 Å². The number of pyridine rings is 1. The summed E-state index contributed by atoms with van der Waals surface area (Å²) in [5.74, 6) is -1.68. The molecule has 1 amide bonds. The molecule has 2 aromatic carbocycles. The zero-order chi connectivity index (χ0) is 41.5. The zero-order valence-corrected chi connectivity index (χ0v) is 33.4. The van der Waals surface area contributed by atoms with Crippen LogP contribution in [0.4, 0.5) is 11.5 Å². The first-order chi connectivity index (χ1) is 27.4. The number of carbonyl (C=O) groups excluding carboxylic acids is 4. The fourth-order valence-corrected chi connectivity index (χ4v) is 6.31. The van der Waals surface area contributed by atoms with Gasteiger partial charge in [-0.2, -0.15) is 5.26 Å². The number of halogens is 1. The minimum absolute atomic E-state index is 0.00635. The highest BCUT2D eigenvalue weighted by Crippen LogP contribution is 2.42. The Morgan fingerprint density at radius 2 is 1.75 bits per heavy atom. The van der Waals surface area contributed by atoms with E-state index >= 15 is 0 Å². The number of rotatable bonds is 20. The van der Waals surface area contributed by atoms with Gasteiger partial charge in [-0.15, -0.1) is 0 Å². The molecule has 17 heteroatoms. The Kier molecular flexibility index (Phi) is 16.4. The summed E-state index contributed by atoms with van der Waals surface area (Å²) < 4.78 is 22.6. The molecule has 57 heavy (non-hydrogen) atoms. The number of esters is 2. The van der Waals surface area contributed by atoms with E-state index in [-0.39, 0.29) is 66.9 Å². The van der Waals surface area contributed by atoms with Crippen molar-refractivity contribution in [3.05, 3.63) is 82.5 Å². The van der Waals surface area contributed by atoms with Gasteiger partial charge in [0, 0.05) is 34.7 Å². The summed E-state index contributed by atoms with van der Waals surface area (Å²) in [6.45, 7) is 12.2. The molecule has 15 nitrogen and oxygen atoms in total. The summed E-state index contributed by atoms with van der Waals surface area (Å²) in [5, 5.41) is 16.5. The van der Waals surface area contributed by atoms with Gasteiger partial charge >= 0.3 is 11.9 Å². The van der Waals surface area contributed by atoms with Crippen LogP contribution in [-0.4, -0.2) is 72.5 Å². The van der Waals surface area contributed by atoms with E-state index in [9.17, 15) is 24.4 Å². The lowest BCUT2D eigenvalue weighted by atomic mass is 10.00. The zero-order valence-electron chi connectivity index (χ0n) is 31.8. The first kappa shape index (κ1) is 43.8. The Bertz CT molecular complexity index is 2130. The van der Waals surface area contributed by atoms with Crippen molar-refractivity contribution in [1.29, 1.82) is 5.26 Å². The van der Waals surface area contributed by atoms with Gasteiger partial charge in [-0.25, -0.2) is 19.6 Å². The molecule has 298 valence electrons. The number of likely N-dealkylation sites (N-methyl/N-ethyl adjacent to an activating group) is 1. The third-order valence-corrected chi connectivity index (χ3v) is 9.44. The second-order valence-electron chi connectivity index (χ2n) is 12.8. The van der Waals surface area contributed by atoms with Crippen molar-refractivity contribution in [3.63, 3.8) is 0 Å². The van der Waals surface area contributed by atoms with Gasteiger partial charge in [0.05, 0.1) is 30.3 Å². The number of nitrogens with zero attached hydrogens (tertiary/aromatic N) is 4. The Morgan fingerprint density at radius 1 is 1.05 bits per heavy atom. The molecule has 0 aliphatic rings. The lowest BCUT2D eigenvalue weighted by molar-refractivity contribution is -0.164. The van der Waals surface area contributed by atoms with E-state index in [1.165, 1.54) is 24.9 Å².